The van der Waals surface area contributed by atoms with Crippen molar-refractivity contribution in [3.8, 4) is 28.4 Å². The normalized spacial score (nSPS) is 13.4. The highest BCUT2D eigenvalue weighted by atomic mass is 16.5. The van der Waals surface area contributed by atoms with Crippen molar-refractivity contribution in [2.45, 2.75) is 97.8 Å². The Labute approximate surface area is 403 Å². The number of hydrogen-bond donors (Lipinski definition) is 0. The number of aromatic nitrogens is 2. The maximum absolute atomic E-state index is 6.91. The molecule has 0 atom stereocenters. The van der Waals surface area contributed by atoms with E-state index in [1.165, 1.54) is 61.4 Å². The van der Waals surface area contributed by atoms with E-state index < -0.39 is 0 Å². The number of pyridine rings is 1. The number of fused-ring (bicyclic) bond motifs is 4. The molecule has 7 aromatic carbocycles. The first-order chi connectivity index (χ1) is 32.3. The molecule has 0 spiro atoms. The van der Waals surface area contributed by atoms with Crippen molar-refractivity contribution in [3.63, 3.8) is 0 Å². The van der Waals surface area contributed by atoms with Gasteiger partial charge in [0.2, 0.25) is 0 Å². The smallest absolute Gasteiger partial charge is 0.137 e. The van der Waals surface area contributed by atoms with E-state index in [0.717, 1.165) is 39.4 Å². The molecule has 1 aliphatic rings. The highest BCUT2D eigenvalue weighted by Crippen LogP contribution is 2.50. The Balaban J connectivity index is 1.06. The van der Waals surface area contributed by atoms with Gasteiger partial charge in [-0.2, -0.15) is 0 Å². The third kappa shape index (κ3) is 8.23. The molecule has 2 aromatic heterocycles. The summed E-state index contributed by atoms with van der Waals surface area (Å²) in [5.74, 6) is 2.43. The van der Waals surface area contributed by atoms with Crippen LogP contribution in [0, 0.1) is 0 Å². The summed E-state index contributed by atoms with van der Waals surface area (Å²) in [7, 11) is 0. The summed E-state index contributed by atoms with van der Waals surface area (Å²) < 4.78 is 9.20. The van der Waals surface area contributed by atoms with Crippen molar-refractivity contribution in [2.75, 3.05) is 16.5 Å². The van der Waals surface area contributed by atoms with Gasteiger partial charge in [0.1, 0.15) is 24.0 Å². The summed E-state index contributed by atoms with van der Waals surface area (Å²) >= 11 is 0. The van der Waals surface area contributed by atoms with Crippen LogP contribution in [0.5, 0.6) is 11.5 Å². The zero-order chi connectivity index (χ0) is 47.8. The predicted molar refractivity (Wildman–Crippen MR) is 287 cm³/mol. The molecule has 68 heavy (non-hydrogen) atoms. The van der Waals surface area contributed by atoms with E-state index in [-0.39, 0.29) is 21.7 Å². The summed E-state index contributed by atoms with van der Waals surface area (Å²) in [5.41, 5.74) is 15.4. The van der Waals surface area contributed by atoms with Gasteiger partial charge in [-0.1, -0.05) is 161 Å². The van der Waals surface area contributed by atoms with Crippen molar-refractivity contribution >= 4 is 44.6 Å². The lowest BCUT2D eigenvalue weighted by Gasteiger charge is -2.32. The molecule has 0 fully saturated rings. The molecule has 0 amide bonds. The predicted octanol–water partition coefficient (Wildman–Crippen LogP) is 17.1. The van der Waals surface area contributed by atoms with Crippen molar-refractivity contribution in [2.24, 2.45) is 0 Å². The molecule has 0 saturated heterocycles. The van der Waals surface area contributed by atoms with Gasteiger partial charge in [0.25, 0.3) is 0 Å². The van der Waals surface area contributed by atoms with Crippen molar-refractivity contribution in [3.05, 3.63) is 204 Å². The quantitative estimate of drug-likeness (QED) is 0.152. The SMILES string of the molecule is CC(C)(C)c1ccnc(-n2c3ccc(-c4ccccc4)cc3c3ccc(Oc4cccc(N5CN(c6cccc(C(C)(C)c7ccccc7)c6)c6cc(C(C)(C)C)c(C(C)(C)C)cc65)c4)cc32)c1. The summed E-state index contributed by atoms with van der Waals surface area (Å²) in [4.78, 5) is 9.93. The summed E-state index contributed by atoms with van der Waals surface area (Å²) in [6, 6.07) is 61.7. The van der Waals surface area contributed by atoms with Gasteiger partial charge < -0.3 is 14.5 Å². The third-order valence-corrected chi connectivity index (χ3v) is 14.0. The van der Waals surface area contributed by atoms with Crippen LogP contribution in [-0.2, 0) is 21.7 Å². The van der Waals surface area contributed by atoms with E-state index in [2.05, 4.69) is 260 Å². The average Bonchev–Trinajstić information content (AvgIpc) is 3.86. The first-order valence-corrected chi connectivity index (χ1v) is 24.1. The zero-order valence-electron chi connectivity index (χ0n) is 41.6. The number of hydrogen-bond acceptors (Lipinski definition) is 4. The van der Waals surface area contributed by atoms with Crippen LogP contribution in [0.4, 0.5) is 22.7 Å². The maximum atomic E-state index is 6.91. The van der Waals surface area contributed by atoms with Gasteiger partial charge in [-0.15, -0.1) is 0 Å². The average molecular weight is 893 g/mol. The molecule has 1 aliphatic heterocycles. The van der Waals surface area contributed by atoms with Crippen molar-refractivity contribution < 1.29 is 4.74 Å². The monoisotopic (exact) mass is 893 g/mol. The molecular weight excluding hydrogens is 829 g/mol. The fourth-order valence-corrected chi connectivity index (χ4v) is 10.0. The van der Waals surface area contributed by atoms with Gasteiger partial charge in [0.05, 0.1) is 22.4 Å². The first kappa shape index (κ1) is 44.7. The summed E-state index contributed by atoms with van der Waals surface area (Å²) in [6.07, 6.45) is 1.94. The van der Waals surface area contributed by atoms with E-state index in [0.29, 0.717) is 6.67 Å². The molecule has 3 heterocycles. The number of anilines is 4. The molecule has 342 valence electrons. The molecule has 10 rings (SSSR count). The Kier molecular flexibility index (Phi) is 10.9. The lowest BCUT2D eigenvalue weighted by Crippen LogP contribution is -2.25. The van der Waals surface area contributed by atoms with E-state index in [1.54, 1.807) is 0 Å². The van der Waals surface area contributed by atoms with Crippen LogP contribution in [0.25, 0.3) is 38.8 Å². The van der Waals surface area contributed by atoms with Crippen LogP contribution in [0.15, 0.2) is 176 Å². The molecule has 0 N–H and O–H groups in total. The van der Waals surface area contributed by atoms with Gasteiger partial charge in [-0.25, -0.2) is 4.98 Å². The van der Waals surface area contributed by atoms with Crippen molar-refractivity contribution in [1.82, 2.24) is 9.55 Å². The number of benzene rings is 7. The van der Waals surface area contributed by atoms with Crippen LogP contribution < -0.4 is 14.5 Å². The van der Waals surface area contributed by atoms with Gasteiger partial charge >= 0.3 is 0 Å². The summed E-state index contributed by atoms with van der Waals surface area (Å²) in [5, 5.41) is 2.32. The largest absolute Gasteiger partial charge is 0.457 e. The minimum Gasteiger partial charge on any atom is -0.457 e. The van der Waals surface area contributed by atoms with Crippen LogP contribution in [0.2, 0.25) is 0 Å². The van der Waals surface area contributed by atoms with Crippen molar-refractivity contribution in [1.29, 1.82) is 0 Å². The minimum absolute atomic E-state index is 0.0321. The molecule has 0 saturated carbocycles. The van der Waals surface area contributed by atoms with E-state index in [1.807, 2.05) is 6.20 Å². The Hall–Kier alpha value is -7.11. The molecule has 5 heteroatoms. The molecule has 5 nitrogen and oxygen atoms in total. The Morgan fingerprint density at radius 2 is 1.03 bits per heavy atom. The number of rotatable bonds is 8. The number of nitrogens with zero attached hydrogens (tertiary/aromatic N) is 4. The maximum Gasteiger partial charge on any atom is 0.137 e. The lowest BCUT2D eigenvalue weighted by molar-refractivity contribution is 0.483. The molecule has 0 aliphatic carbocycles. The second-order valence-corrected chi connectivity index (χ2v) is 22.3. The third-order valence-electron chi connectivity index (χ3n) is 14.0. The Morgan fingerprint density at radius 3 is 1.68 bits per heavy atom. The van der Waals surface area contributed by atoms with Gasteiger partial charge in [-0.3, -0.25) is 4.57 Å². The lowest BCUT2D eigenvalue weighted by atomic mass is 9.74. The summed E-state index contributed by atoms with van der Waals surface area (Å²) in [6.45, 7) is 26.1. The Bertz CT molecular complexity index is 3320. The van der Waals surface area contributed by atoms with Gasteiger partial charge in [0.15, 0.2) is 0 Å². The highest BCUT2D eigenvalue weighted by Gasteiger charge is 2.35. The minimum atomic E-state index is -0.173. The first-order valence-electron chi connectivity index (χ1n) is 24.1. The molecule has 9 aromatic rings. The fraction of sp³-hybridized carbons (Fsp3) is 0.254. The second kappa shape index (κ2) is 16.6. The number of ether oxygens (including phenoxy) is 1. The van der Waals surface area contributed by atoms with Crippen LogP contribution in [-0.4, -0.2) is 16.2 Å². The standard InChI is InChI=1S/C63H64N4O/c1-60(2,3)45-32-33-64-59(36-45)67-55-31-28-43(42-20-14-12-15-21-42)34-52(55)51-30-29-50(38-56(51)67)68-49-27-19-26-48(37-49)66-41-65(57-39-53(61(4,5)6)54(40-58(57)66)62(7,8)9)47-25-18-24-46(35-47)63(10,11)44-22-16-13-17-23-44/h12-40H,41H2,1-11H3. The van der Waals surface area contributed by atoms with Gasteiger partial charge in [-0.05, 0) is 128 Å². The highest BCUT2D eigenvalue weighted by molar-refractivity contribution is 6.10. The van der Waals surface area contributed by atoms with E-state index in [9.17, 15) is 0 Å². The molecular formula is C63H64N4O. The zero-order valence-corrected chi connectivity index (χ0v) is 41.6. The van der Waals surface area contributed by atoms with E-state index in [4.69, 9.17) is 9.72 Å². The van der Waals surface area contributed by atoms with E-state index >= 15 is 0 Å². The fourth-order valence-electron chi connectivity index (χ4n) is 10.0. The molecule has 0 unspecified atom stereocenters. The van der Waals surface area contributed by atoms with Crippen LogP contribution >= 0.6 is 0 Å². The van der Waals surface area contributed by atoms with Gasteiger partial charge in [0, 0.05) is 45.9 Å². The molecule has 0 radical (unpaired) electrons. The topological polar surface area (TPSA) is 33.5 Å². The Morgan fingerprint density at radius 1 is 0.426 bits per heavy atom. The molecule has 0 bridgehead atoms. The van der Waals surface area contributed by atoms with Crippen LogP contribution in [0.1, 0.15) is 104 Å². The van der Waals surface area contributed by atoms with Crippen LogP contribution in [0.3, 0.4) is 0 Å². The second-order valence-electron chi connectivity index (χ2n) is 22.3.